The molecular weight excluding hydrogens is 238 g/mol. The molecule has 0 radical (unpaired) electrons. The zero-order valence-electron chi connectivity index (χ0n) is 10.7. The Labute approximate surface area is 112 Å². The average Bonchev–Trinajstić information content (AvgIpc) is 2.86. The van der Waals surface area contributed by atoms with Gasteiger partial charge in [0, 0.05) is 37.6 Å². The Morgan fingerprint density at radius 1 is 1.37 bits per heavy atom. The first-order chi connectivity index (χ1) is 9.22. The lowest BCUT2D eigenvalue weighted by molar-refractivity contribution is 0.209. The molecule has 2 heterocycles. The van der Waals surface area contributed by atoms with Gasteiger partial charge in [-0.05, 0) is 11.6 Å². The standard InChI is InChI=1S/C14H17N5/c15-14(16)12-3-1-2-11(8-12)9-18-6-7-19-5-4-17-13(19)10-18/h1-5,8H,6-7,9-10H2,(H3,15,16). The van der Waals surface area contributed by atoms with Gasteiger partial charge < -0.3 is 10.3 Å². The van der Waals surface area contributed by atoms with E-state index in [1.807, 2.05) is 30.6 Å². The van der Waals surface area contributed by atoms with E-state index >= 15 is 0 Å². The molecule has 3 rings (SSSR count). The number of nitrogens with one attached hydrogen (secondary N) is 1. The Morgan fingerprint density at radius 3 is 3.11 bits per heavy atom. The summed E-state index contributed by atoms with van der Waals surface area (Å²) in [5.41, 5.74) is 7.50. The molecule has 0 amide bonds. The van der Waals surface area contributed by atoms with Crippen molar-refractivity contribution in [3.05, 3.63) is 53.6 Å². The SMILES string of the molecule is N=C(N)c1cccc(CN2CCn3ccnc3C2)c1. The topological polar surface area (TPSA) is 70.9 Å². The smallest absolute Gasteiger partial charge is 0.122 e. The molecule has 98 valence electrons. The second kappa shape index (κ2) is 4.85. The van der Waals surface area contributed by atoms with Gasteiger partial charge in [-0.1, -0.05) is 18.2 Å². The van der Waals surface area contributed by atoms with E-state index in [-0.39, 0.29) is 5.84 Å². The number of hydrogen-bond acceptors (Lipinski definition) is 3. The summed E-state index contributed by atoms with van der Waals surface area (Å²) in [5, 5.41) is 7.48. The molecule has 1 aliphatic heterocycles. The van der Waals surface area contributed by atoms with Crippen molar-refractivity contribution in [1.82, 2.24) is 14.5 Å². The highest BCUT2D eigenvalue weighted by atomic mass is 15.2. The van der Waals surface area contributed by atoms with Crippen molar-refractivity contribution >= 4 is 5.84 Å². The maximum Gasteiger partial charge on any atom is 0.122 e. The number of imidazole rings is 1. The van der Waals surface area contributed by atoms with E-state index in [9.17, 15) is 0 Å². The van der Waals surface area contributed by atoms with Crippen LogP contribution >= 0.6 is 0 Å². The molecule has 0 bridgehead atoms. The van der Waals surface area contributed by atoms with E-state index in [0.29, 0.717) is 0 Å². The Morgan fingerprint density at radius 2 is 2.26 bits per heavy atom. The molecule has 0 saturated carbocycles. The van der Waals surface area contributed by atoms with E-state index in [2.05, 4.69) is 20.5 Å². The number of hydrogen-bond donors (Lipinski definition) is 2. The van der Waals surface area contributed by atoms with Crippen molar-refractivity contribution in [3.63, 3.8) is 0 Å². The van der Waals surface area contributed by atoms with E-state index in [1.54, 1.807) is 0 Å². The number of nitrogens with two attached hydrogens (primary N) is 1. The number of fused-ring (bicyclic) bond motifs is 1. The molecule has 0 saturated heterocycles. The normalized spacial score (nSPS) is 15.2. The Hall–Kier alpha value is -2.14. The van der Waals surface area contributed by atoms with Crippen LogP contribution in [0.5, 0.6) is 0 Å². The van der Waals surface area contributed by atoms with E-state index in [1.165, 1.54) is 5.56 Å². The third-order valence-corrected chi connectivity index (χ3v) is 3.47. The molecular formula is C14H17N5. The summed E-state index contributed by atoms with van der Waals surface area (Å²) in [6, 6.07) is 7.89. The molecule has 0 spiro atoms. The summed E-state index contributed by atoms with van der Waals surface area (Å²) in [6.45, 7) is 3.75. The highest BCUT2D eigenvalue weighted by Crippen LogP contribution is 2.14. The van der Waals surface area contributed by atoms with Crippen LogP contribution in [-0.2, 0) is 19.6 Å². The van der Waals surface area contributed by atoms with Crippen LogP contribution in [0.1, 0.15) is 17.0 Å². The van der Waals surface area contributed by atoms with Gasteiger partial charge in [-0.3, -0.25) is 10.3 Å². The lowest BCUT2D eigenvalue weighted by Gasteiger charge is -2.27. The van der Waals surface area contributed by atoms with Crippen molar-refractivity contribution in [2.24, 2.45) is 5.73 Å². The van der Waals surface area contributed by atoms with Gasteiger partial charge in [0.1, 0.15) is 11.7 Å². The zero-order chi connectivity index (χ0) is 13.2. The number of aromatic nitrogens is 2. The molecule has 5 heteroatoms. The van der Waals surface area contributed by atoms with Crippen molar-refractivity contribution in [3.8, 4) is 0 Å². The fourth-order valence-electron chi connectivity index (χ4n) is 2.45. The number of benzene rings is 1. The lowest BCUT2D eigenvalue weighted by Crippen LogP contribution is -2.33. The monoisotopic (exact) mass is 255 g/mol. The first kappa shape index (κ1) is 11.9. The van der Waals surface area contributed by atoms with Gasteiger partial charge in [-0.25, -0.2) is 4.98 Å². The van der Waals surface area contributed by atoms with Gasteiger partial charge in [-0.2, -0.15) is 0 Å². The van der Waals surface area contributed by atoms with Crippen LogP contribution in [0.15, 0.2) is 36.7 Å². The van der Waals surface area contributed by atoms with Crippen LogP contribution in [0.2, 0.25) is 0 Å². The van der Waals surface area contributed by atoms with Gasteiger partial charge >= 0.3 is 0 Å². The van der Waals surface area contributed by atoms with Gasteiger partial charge in [0.25, 0.3) is 0 Å². The summed E-state index contributed by atoms with van der Waals surface area (Å²) in [6.07, 6.45) is 3.89. The van der Waals surface area contributed by atoms with Gasteiger partial charge in [0.15, 0.2) is 0 Å². The van der Waals surface area contributed by atoms with Crippen molar-refractivity contribution in [1.29, 1.82) is 5.41 Å². The zero-order valence-corrected chi connectivity index (χ0v) is 10.7. The predicted molar refractivity (Wildman–Crippen MR) is 73.8 cm³/mol. The minimum atomic E-state index is 0.121. The average molecular weight is 255 g/mol. The highest BCUT2D eigenvalue weighted by Gasteiger charge is 2.16. The largest absolute Gasteiger partial charge is 0.384 e. The fraction of sp³-hybridized carbons (Fsp3) is 0.286. The Kier molecular flexibility index (Phi) is 3.05. The van der Waals surface area contributed by atoms with Crippen LogP contribution in [0.3, 0.4) is 0 Å². The van der Waals surface area contributed by atoms with Crippen LogP contribution in [0.4, 0.5) is 0 Å². The van der Waals surface area contributed by atoms with Crippen LogP contribution in [0, 0.1) is 5.41 Å². The van der Waals surface area contributed by atoms with Gasteiger partial charge in [-0.15, -0.1) is 0 Å². The van der Waals surface area contributed by atoms with E-state index < -0.39 is 0 Å². The van der Waals surface area contributed by atoms with E-state index in [0.717, 1.165) is 37.6 Å². The van der Waals surface area contributed by atoms with Crippen LogP contribution < -0.4 is 5.73 Å². The minimum Gasteiger partial charge on any atom is -0.384 e. The molecule has 1 aliphatic rings. The van der Waals surface area contributed by atoms with Crippen LogP contribution in [0.25, 0.3) is 0 Å². The van der Waals surface area contributed by atoms with Crippen molar-refractivity contribution in [2.75, 3.05) is 6.54 Å². The van der Waals surface area contributed by atoms with E-state index in [4.69, 9.17) is 11.1 Å². The summed E-state index contributed by atoms with van der Waals surface area (Å²) < 4.78 is 2.20. The molecule has 19 heavy (non-hydrogen) atoms. The molecule has 3 N–H and O–H groups in total. The Bertz CT molecular complexity index is 601. The summed E-state index contributed by atoms with van der Waals surface area (Å²) in [4.78, 5) is 6.72. The molecule has 1 aromatic carbocycles. The first-order valence-electron chi connectivity index (χ1n) is 6.38. The fourth-order valence-corrected chi connectivity index (χ4v) is 2.45. The molecule has 5 nitrogen and oxygen atoms in total. The lowest BCUT2D eigenvalue weighted by atomic mass is 10.1. The first-order valence-corrected chi connectivity index (χ1v) is 6.38. The second-order valence-electron chi connectivity index (χ2n) is 4.86. The predicted octanol–water partition coefficient (Wildman–Crippen LogP) is 1.18. The molecule has 0 aliphatic carbocycles. The Balaban J connectivity index is 1.72. The summed E-state index contributed by atoms with van der Waals surface area (Å²) in [5.74, 6) is 1.24. The molecule has 0 atom stereocenters. The maximum absolute atomic E-state index is 7.48. The number of amidine groups is 1. The minimum absolute atomic E-state index is 0.121. The highest BCUT2D eigenvalue weighted by molar-refractivity contribution is 5.95. The van der Waals surface area contributed by atoms with Gasteiger partial charge in [0.05, 0.1) is 6.54 Å². The molecule has 0 fully saturated rings. The maximum atomic E-state index is 7.48. The van der Waals surface area contributed by atoms with Crippen LogP contribution in [-0.4, -0.2) is 26.8 Å². The third-order valence-electron chi connectivity index (χ3n) is 3.47. The summed E-state index contributed by atoms with van der Waals surface area (Å²) in [7, 11) is 0. The molecule has 2 aromatic rings. The molecule has 0 unspecified atom stereocenters. The molecule has 1 aromatic heterocycles. The number of rotatable bonds is 3. The second-order valence-corrected chi connectivity index (χ2v) is 4.86. The van der Waals surface area contributed by atoms with Crippen molar-refractivity contribution < 1.29 is 0 Å². The van der Waals surface area contributed by atoms with Gasteiger partial charge in [0.2, 0.25) is 0 Å². The summed E-state index contributed by atoms with van der Waals surface area (Å²) >= 11 is 0. The third kappa shape index (κ3) is 2.51. The number of nitrogens with zero attached hydrogens (tertiary/aromatic N) is 3. The quantitative estimate of drug-likeness (QED) is 0.639. The van der Waals surface area contributed by atoms with Crippen molar-refractivity contribution in [2.45, 2.75) is 19.6 Å². The number of nitrogen functional groups attached to an aromatic ring is 1.